The first-order chi connectivity index (χ1) is 12.7. The molecule has 1 aliphatic heterocycles. The van der Waals surface area contributed by atoms with E-state index in [0.29, 0.717) is 13.2 Å². The monoisotopic (exact) mass is 487 g/mol. The fraction of sp³-hybridized carbons (Fsp3) is 0.579. The van der Waals surface area contributed by atoms with Gasteiger partial charge in [-0.1, -0.05) is 12.1 Å². The van der Waals surface area contributed by atoms with Crippen LogP contribution in [0.25, 0.3) is 11.0 Å². The number of H-pyrrole nitrogens is 1. The summed E-state index contributed by atoms with van der Waals surface area (Å²) in [6.45, 7) is 5.87. The summed E-state index contributed by atoms with van der Waals surface area (Å²) < 4.78 is 5.54. The second-order valence-corrected chi connectivity index (χ2v) is 6.85. The number of benzene rings is 1. The van der Waals surface area contributed by atoms with Gasteiger partial charge in [0.1, 0.15) is 5.82 Å². The number of aromatic amines is 1. The van der Waals surface area contributed by atoms with Crippen molar-refractivity contribution < 1.29 is 9.84 Å². The summed E-state index contributed by atoms with van der Waals surface area (Å²) in [6, 6.07) is 8.05. The number of rotatable bonds is 8. The van der Waals surface area contributed by atoms with Crippen LogP contribution in [0.5, 0.6) is 0 Å². The third-order valence-electron chi connectivity index (χ3n) is 4.84. The van der Waals surface area contributed by atoms with E-state index in [1.165, 1.54) is 0 Å². The van der Waals surface area contributed by atoms with E-state index in [-0.39, 0.29) is 36.0 Å². The number of hydrogen-bond donors (Lipinski definition) is 4. The predicted octanol–water partition coefficient (Wildman–Crippen LogP) is 2.07. The van der Waals surface area contributed by atoms with Gasteiger partial charge in [-0.15, -0.1) is 24.0 Å². The smallest absolute Gasteiger partial charge is 0.191 e. The molecular formula is C19H30IN5O2. The van der Waals surface area contributed by atoms with E-state index in [1.807, 2.05) is 24.3 Å². The van der Waals surface area contributed by atoms with Crippen molar-refractivity contribution in [2.45, 2.75) is 26.2 Å². The fourth-order valence-corrected chi connectivity index (χ4v) is 3.30. The molecular weight excluding hydrogens is 457 g/mol. The maximum atomic E-state index is 9.34. The van der Waals surface area contributed by atoms with Crippen LogP contribution in [0.2, 0.25) is 0 Å². The molecule has 4 N–H and O–H groups in total. The number of aliphatic hydroxyl groups is 1. The van der Waals surface area contributed by atoms with E-state index in [4.69, 9.17) is 9.73 Å². The lowest BCUT2D eigenvalue weighted by molar-refractivity contribution is 0.131. The molecule has 1 atom stereocenters. The van der Waals surface area contributed by atoms with Gasteiger partial charge in [-0.05, 0) is 31.9 Å². The average molecular weight is 487 g/mol. The molecule has 0 spiro atoms. The Labute approximate surface area is 177 Å². The Bertz CT molecular complexity index is 695. The highest BCUT2D eigenvalue weighted by Crippen LogP contribution is 2.32. The van der Waals surface area contributed by atoms with Crippen LogP contribution in [-0.2, 0) is 11.2 Å². The largest absolute Gasteiger partial charge is 0.396 e. The highest BCUT2D eigenvalue weighted by atomic mass is 127. The lowest BCUT2D eigenvalue weighted by atomic mass is 9.84. The molecule has 0 saturated carbocycles. The predicted molar refractivity (Wildman–Crippen MR) is 119 cm³/mol. The Hall–Kier alpha value is -1.39. The molecule has 0 aliphatic carbocycles. The maximum absolute atomic E-state index is 9.34. The first kappa shape index (κ1) is 21.9. The van der Waals surface area contributed by atoms with Gasteiger partial charge >= 0.3 is 0 Å². The third-order valence-corrected chi connectivity index (χ3v) is 4.84. The van der Waals surface area contributed by atoms with Crippen molar-refractivity contribution in [1.82, 2.24) is 20.6 Å². The van der Waals surface area contributed by atoms with Gasteiger partial charge in [0.05, 0.1) is 24.2 Å². The van der Waals surface area contributed by atoms with E-state index in [2.05, 4.69) is 27.5 Å². The Morgan fingerprint density at radius 1 is 1.37 bits per heavy atom. The summed E-state index contributed by atoms with van der Waals surface area (Å²) in [7, 11) is 0. The molecule has 3 rings (SSSR count). The summed E-state index contributed by atoms with van der Waals surface area (Å²) >= 11 is 0. The number of hydrogen-bond acceptors (Lipinski definition) is 4. The molecule has 1 saturated heterocycles. The van der Waals surface area contributed by atoms with Gasteiger partial charge in [-0.3, -0.25) is 4.99 Å². The van der Waals surface area contributed by atoms with Crippen molar-refractivity contribution in [3.63, 3.8) is 0 Å². The molecule has 0 amide bonds. The summed E-state index contributed by atoms with van der Waals surface area (Å²) in [5, 5.41) is 16.0. The first-order valence-corrected chi connectivity index (χ1v) is 9.39. The van der Waals surface area contributed by atoms with E-state index >= 15 is 0 Å². The second kappa shape index (κ2) is 10.8. The van der Waals surface area contributed by atoms with E-state index in [1.54, 1.807) is 0 Å². The Kier molecular flexibility index (Phi) is 8.78. The number of aliphatic imine (C=N–C) groups is 1. The van der Waals surface area contributed by atoms with Crippen LogP contribution >= 0.6 is 24.0 Å². The number of para-hydroxylation sites is 2. The summed E-state index contributed by atoms with van der Waals surface area (Å²) in [4.78, 5) is 12.7. The van der Waals surface area contributed by atoms with Crippen LogP contribution in [0.4, 0.5) is 0 Å². The molecule has 0 radical (unpaired) electrons. The minimum Gasteiger partial charge on any atom is -0.396 e. The average Bonchev–Trinajstić information content (AvgIpc) is 3.27. The normalized spacial score (nSPS) is 19.9. The van der Waals surface area contributed by atoms with E-state index < -0.39 is 0 Å². The van der Waals surface area contributed by atoms with Gasteiger partial charge in [0.15, 0.2) is 5.96 Å². The lowest BCUT2D eigenvalue weighted by Crippen LogP contribution is -2.39. The van der Waals surface area contributed by atoms with Crippen molar-refractivity contribution in [3.05, 3.63) is 30.1 Å². The van der Waals surface area contributed by atoms with E-state index in [0.717, 1.165) is 61.8 Å². The van der Waals surface area contributed by atoms with Gasteiger partial charge in [-0.2, -0.15) is 0 Å². The van der Waals surface area contributed by atoms with Crippen molar-refractivity contribution in [2.24, 2.45) is 10.4 Å². The van der Waals surface area contributed by atoms with Gasteiger partial charge in [0, 0.05) is 38.1 Å². The van der Waals surface area contributed by atoms with E-state index in [9.17, 15) is 5.11 Å². The molecule has 1 aliphatic rings. The molecule has 1 aromatic heterocycles. The summed E-state index contributed by atoms with van der Waals surface area (Å²) in [5.41, 5.74) is 2.03. The molecule has 0 bridgehead atoms. The van der Waals surface area contributed by atoms with Crippen LogP contribution in [0, 0.1) is 5.41 Å². The topological polar surface area (TPSA) is 94.6 Å². The van der Waals surface area contributed by atoms with Crippen LogP contribution in [-0.4, -0.2) is 60.5 Å². The first-order valence-electron chi connectivity index (χ1n) is 9.39. The van der Waals surface area contributed by atoms with Gasteiger partial charge < -0.3 is 25.5 Å². The molecule has 1 fully saturated rings. The Morgan fingerprint density at radius 2 is 2.22 bits per heavy atom. The number of imidazole rings is 1. The Morgan fingerprint density at radius 3 is 2.93 bits per heavy atom. The van der Waals surface area contributed by atoms with Gasteiger partial charge in [0.25, 0.3) is 0 Å². The van der Waals surface area contributed by atoms with Gasteiger partial charge in [0.2, 0.25) is 0 Å². The molecule has 2 aromatic rings. The zero-order valence-corrected chi connectivity index (χ0v) is 18.2. The number of halogens is 1. The zero-order valence-electron chi connectivity index (χ0n) is 15.8. The van der Waals surface area contributed by atoms with Crippen molar-refractivity contribution in [1.29, 1.82) is 0 Å². The van der Waals surface area contributed by atoms with Crippen LogP contribution < -0.4 is 10.6 Å². The summed E-state index contributed by atoms with van der Waals surface area (Å²) in [5.74, 6) is 1.77. The van der Waals surface area contributed by atoms with Crippen LogP contribution in [0.1, 0.15) is 25.6 Å². The highest BCUT2D eigenvalue weighted by molar-refractivity contribution is 14.0. The van der Waals surface area contributed by atoms with Crippen molar-refractivity contribution in [2.75, 3.05) is 39.5 Å². The SMILES string of the molecule is CCNC(=NCC1(CCO)CCOC1)NCCc1nc2ccccc2[nH]1.I. The molecule has 27 heavy (non-hydrogen) atoms. The number of fused-ring (bicyclic) bond motifs is 1. The standard InChI is InChI=1S/C19H29N5O2.HI/c1-2-20-18(22-13-19(8-11-25)9-12-26-14-19)21-10-7-17-23-15-5-3-4-6-16(15)24-17;/h3-6,25H,2,7-14H2,1H3,(H,23,24)(H2,20,21,22);1H. The number of ether oxygens (including phenoxy) is 1. The lowest BCUT2D eigenvalue weighted by Gasteiger charge is -2.24. The quantitative estimate of drug-likeness (QED) is 0.260. The third kappa shape index (κ3) is 6.05. The molecule has 7 nitrogen and oxygen atoms in total. The van der Waals surface area contributed by atoms with Crippen molar-refractivity contribution in [3.8, 4) is 0 Å². The van der Waals surface area contributed by atoms with Crippen LogP contribution in [0.15, 0.2) is 29.3 Å². The minimum atomic E-state index is -0.0319. The molecule has 8 heteroatoms. The van der Waals surface area contributed by atoms with Crippen molar-refractivity contribution >= 4 is 41.0 Å². The number of nitrogens with one attached hydrogen (secondary N) is 3. The number of nitrogens with zero attached hydrogens (tertiary/aromatic N) is 2. The zero-order chi connectivity index (χ0) is 18.2. The van der Waals surface area contributed by atoms with Gasteiger partial charge in [-0.25, -0.2) is 4.98 Å². The summed E-state index contributed by atoms with van der Waals surface area (Å²) in [6.07, 6.45) is 2.48. The van der Waals surface area contributed by atoms with Crippen LogP contribution in [0.3, 0.4) is 0 Å². The molecule has 2 heterocycles. The number of guanidine groups is 1. The number of aromatic nitrogens is 2. The fourth-order valence-electron chi connectivity index (χ4n) is 3.30. The molecule has 1 unspecified atom stereocenters. The molecule has 150 valence electrons. The molecule has 1 aromatic carbocycles. The maximum Gasteiger partial charge on any atom is 0.191 e. The second-order valence-electron chi connectivity index (χ2n) is 6.85. The number of aliphatic hydroxyl groups excluding tert-OH is 1. The highest BCUT2D eigenvalue weighted by Gasteiger charge is 2.34. The minimum absolute atomic E-state index is 0. The Balaban J connectivity index is 0.00000261.